The predicted molar refractivity (Wildman–Crippen MR) is 120 cm³/mol. The van der Waals surface area contributed by atoms with Gasteiger partial charge in [0.05, 0.1) is 16.8 Å². The largest absolute Gasteiger partial charge is 0.366 e. The van der Waals surface area contributed by atoms with Crippen LogP contribution < -0.4 is 5.73 Å². The van der Waals surface area contributed by atoms with Gasteiger partial charge in [0.15, 0.2) is 0 Å². The molecule has 31 heavy (non-hydrogen) atoms. The average molecular weight is 462 g/mol. The maximum Gasteiger partial charge on any atom is 0.250 e. The minimum atomic E-state index is -3.19. The number of carbonyl (C=O) groups is 1. The summed E-state index contributed by atoms with van der Waals surface area (Å²) >= 11 is 1.24. The van der Waals surface area contributed by atoms with Gasteiger partial charge < -0.3 is 10.7 Å². The Labute approximate surface area is 185 Å². The molecule has 164 valence electrons. The average Bonchev–Trinajstić information content (AvgIpc) is 3.18. The Morgan fingerprint density at radius 2 is 1.97 bits per heavy atom. The van der Waals surface area contributed by atoms with Crippen LogP contribution >= 0.6 is 11.8 Å². The van der Waals surface area contributed by atoms with E-state index in [0.29, 0.717) is 41.9 Å². The first kappa shape index (κ1) is 21.9. The highest BCUT2D eigenvalue weighted by Gasteiger charge is 2.29. The molecule has 9 heteroatoms. The number of sulfonamides is 1. The number of nitrogens with one attached hydrogen (secondary N) is 1. The van der Waals surface area contributed by atoms with E-state index in [4.69, 9.17) is 5.73 Å². The molecule has 2 aromatic carbocycles. The van der Waals surface area contributed by atoms with Gasteiger partial charge in [-0.3, -0.25) is 4.79 Å². The molecule has 2 heterocycles. The number of hydrogen-bond donors (Lipinski definition) is 2. The van der Waals surface area contributed by atoms with Gasteiger partial charge in [-0.25, -0.2) is 17.1 Å². The van der Waals surface area contributed by atoms with Gasteiger partial charge in [0.25, 0.3) is 5.91 Å². The van der Waals surface area contributed by atoms with E-state index in [1.54, 1.807) is 35.5 Å². The van der Waals surface area contributed by atoms with Gasteiger partial charge in [0.2, 0.25) is 10.0 Å². The number of aromatic amines is 1. The first-order valence-electron chi connectivity index (χ1n) is 10.1. The molecule has 0 saturated carbocycles. The number of hydrogen-bond acceptors (Lipinski definition) is 4. The molecule has 0 unspecified atom stereocenters. The lowest BCUT2D eigenvalue weighted by molar-refractivity contribution is 0.100. The van der Waals surface area contributed by atoms with E-state index in [1.807, 2.05) is 12.3 Å². The molecule has 1 aromatic heterocycles. The topological polar surface area (TPSA) is 96.3 Å². The fraction of sp³-hybridized carbons (Fsp3) is 0.318. The maximum absolute atomic E-state index is 14.1. The summed E-state index contributed by atoms with van der Waals surface area (Å²) < 4.78 is 40.0. The van der Waals surface area contributed by atoms with E-state index in [-0.39, 0.29) is 17.5 Å². The van der Waals surface area contributed by atoms with Crippen LogP contribution in [-0.4, -0.2) is 42.5 Å². The van der Waals surface area contributed by atoms with Crippen LogP contribution in [0.2, 0.25) is 0 Å². The first-order chi connectivity index (χ1) is 14.8. The highest BCUT2D eigenvalue weighted by Crippen LogP contribution is 2.38. The van der Waals surface area contributed by atoms with Crippen molar-refractivity contribution in [2.45, 2.75) is 35.5 Å². The van der Waals surface area contributed by atoms with Gasteiger partial charge in [-0.15, -0.1) is 0 Å². The SMILES string of the molecule is CCS(=O)(=O)N1CCC(c2c[nH]c3c(C(N)=O)cc(Sc4ccccc4F)cc23)CC1. The highest BCUT2D eigenvalue weighted by molar-refractivity contribution is 7.99. The summed E-state index contributed by atoms with van der Waals surface area (Å²) in [6, 6.07) is 10.1. The molecule has 0 aliphatic carbocycles. The van der Waals surface area contributed by atoms with E-state index in [9.17, 15) is 17.6 Å². The molecule has 0 bridgehead atoms. The molecule has 1 saturated heterocycles. The number of halogens is 1. The van der Waals surface area contributed by atoms with E-state index >= 15 is 0 Å². The van der Waals surface area contributed by atoms with Gasteiger partial charge in [0.1, 0.15) is 5.82 Å². The lowest BCUT2D eigenvalue weighted by Gasteiger charge is -2.31. The number of benzene rings is 2. The van der Waals surface area contributed by atoms with Gasteiger partial charge in [-0.05, 0) is 55.5 Å². The van der Waals surface area contributed by atoms with Crippen LogP contribution in [0, 0.1) is 5.82 Å². The van der Waals surface area contributed by atoms with Crippen LogP contribution in [-0.2, 0) is 10.0 Å². The molecule has 0 radical (unpaired) electrons. The molecule has 0 spiro atoms. The third kappa shape index (κ3) is 4.35. The molecule has 1 aliphatic heterocycles. The van der Waals surface area contributed by atoms with Gasteiger partial charge in [0, 0.05) is 34.5 Å². The van der Waals surface area contributed by atoms with Crippen LogP contribution in [0.4, 0.5) is 4.39 Å². The lowest BCUT2D eigenvalue weighted by Crippen LogP contribution is -2.38. The summed E-state index contributed by atoms with van der Waals surface area (Å²) in [5, 5.41) is 0.868. The second-order valence-corrected chi connectivity index (χ2v) is 11.0. The zero-order valence-electron chi connectivity index (χ0n) is 17.1. The van der Waals surface area contributed by atoms with Gasteiger partial charge in [-0.2, -0.15) is 0 Å². The fourth-order valence-corrected chi connectivity index (χ4v) is 6.15. The van der Waals surface area contributed by atoms with E-state index in [2.05, 4.69) is 4.98 Å². The minimum absolute atomic E-state index is 0.101. The molecule has 4 rings (SSSR count). The van der Waals surface area contributed by atoms with Crippen molar-refractivity contribution in [2.75, 3.05) is 18.8 Å². The van der Waals surface area contributed by atoms with Gasteiger partial charge >= 0.3 is 0 Å². The van der Waals surface area contributed by atoms with Gasteiger partial charge in [-0.1, -0.05) is 23.9 Å². The molecular formula is C22H24FN3O3S2. The Bertz CT molecular complexity index is 1230. The van der Waals surface area contributed by atoms with Crippen molar-refractivity contribution in [1.29, 1.82) is 0 Å². The third-order valence-electron chi connectivity index (χ3n) is 5.78. The smallest absolute Gasteiger partial charge is 0.250 e. The predicted octanol–water partition coefficient (Wildman–Crippen LogP) is 4.09. The normalized spacial score (nSPS) is 16.1. The number of rotatable bonds is 6. The third-order valence-corrected chi connectivity index (χ3v) is 8.68. The number of fused-ring (bicyclic) bond motifs is 1. The lowest BCUT2D eigenvalue weighted by atomic mass is 9.89. The number of H-pyrrole nitrogens is 1. The van der Waals surface area contributed by atoms with E-state index in [1.165, 1.54) is 17.8 Å². The Hall–Kier alpha value is -2.36. The molecule has 1 aliphatic rings. The zero-order valence-corrected chi connectivity index (χ0v) is 18.7. The van der Waals surface area contributed by atoms with Crippen molar-refractivity contribution in [3.8, 4) is 0 Å². The minimum Gasteiger partial charge on any atom is -0.366 e. The molecule has 1 fully saturated rings. The number of aromatic nitrogens is 1. The van der Waals surface area contributed by atoms with Crippen molar-refractivity contribution >= 4 is 38.6 Å². The number of nitrogens with two attached hydrogens (primary N) is 1. The molecular weight excluding hydrogens is 437 g/mol. The Morgan fingerprint density at radius 1 is 1.26 bits per heavy atom. The van der Waals surface area contributed by atoms with Crippen molar-refractivity contribution in [1.82, 2.24) is 9.29 Å². The van der Waals surface area contributed by atoms with Crippen molar-refractivity contribution in [2.24, 2.45) is 5.73 Å². The Balaban J connectivity index is 1.69. The van der Waals surface area contributed by atoms with Crippen LogP contribution in [0.3, 0.4) is 0 Å². The first-order valence-corrected chi connectivity index (χ1v) is 12.6. The van der Waals surface area contributed by atoms with Crippen LogP contribution in [0.5, 0.6) is 0 Å². The summed E-state index contributed by atoms with van der Waals surface area (Å²) in [5.74, 6) is -0.625. The second kappa shape index (κ2) is 8.64. The van der Waals surface area contributed by atoms with Crippen LogP contribution in [0.1, 0.15) is 41.6 Å². The van der Waals surface area contributed by atoms with Crippen LogP contribution in [0.15, 0.2) is 52.4 Å². The van der Waals surface area contributed by atoms with E-state index in [0.717, 1.165) is 15.8 Å². The maximum atomic E-state index is 14.1. The molecule has 3 N–H and O–H groups in total. The molecule has 3 aromatic rings. The highest BCUT2D eigenvalue weighted by atomic mass is 32.2. The number of nitrogens with zero attached hydrogens (tertiary/aromatic N) is 1. The quantitative estimate of drug-likeness (QED) is 0.578. The second-order valence-electron chi connectivity index (χ2n) is 7.61. The van der Waals surface area contributed by atoms with Crippen LogP contribution in [0.25, 0.3) is 10.9 Å². The van der Waals surface area contributed by atoms with Crippen molar-refractivity contribution in [3.63, 3.8) is 0 Å². The molecule has 1 amide bonds. The van der Waals surface area contributed by atoms with Crippen molar-refractivity contribution < 1.29 is 17.6 Å². The summed E-state index contributed by atoms with van der Waals surface area (Å²) in [4.78, 5) is 16.5. The molecule has 6 nitrogen and oxygen atoms in total. The Morgan fingerprint density at radius 3 is 2.61 bits per heavy atom. The van der Waals surface area contributed by atoms with E-state index < -0.39 is 15.9 Å². The summed E-state index contributed by atoms with van der Waals surface area (Å²) in [5.41, 5.74) is 7.67. The monoisotopic (exact) mass is 461 g/mol. The number of piperidine rings is 1. The summed E-state index contributed by atoms with van der Waals surface area (Å²) in [7, 11) is -3.19. The number of amides is 1. The summed E-state index contributed by atoms with van der Waals surface area (Å²) in [6.45, 7) is 2.60. The zero-order chi connectivity index (χ0) is 22.2. The number of primary amides is 1. The number of carbonyl (C=O) groups excluding carboxylic acids is 1. The fourth-order valence-electron chi connectivity index (χ4n) is 4.10. The summed E-state index contributed by atoms with van der Waals surface area (Å²) in [6.07, 6.45) is 3.27. The Kier molecular flexibility index (Phi) is 6.09. The molecule has 0 atom stereocenters. The van der Waals surface area contributed by atoms with Crippen molar-refractivity contribution in [3.05, 3.63) is 59.5 Å². The standard InChI is InChI=1S/C22H24FN3O3S2/c1-2-31(28,29)26-9-7-14(8-10-26)18-13-25-21-16(18)11-15(12-17(21)22(24)27)30-20-6-4-3-5-19(20)23/h3-6,11-14,25H,2,7-10H2,1H3,(H2,24,27).